The first kappa shape index (κ1) is 18.6. The normalized spacial score (nSPS) is 12.4. The van der Waals surface area contributed by atoms with Gasteiger partial charge in [-0.1, -0.05) is 6.07 Å². The smallest absolute Gasteiger partial charge is 0.243 e. The Morgan fingerprint density at radius 2 is 1.81 bits per heavy atom. The van der Waals surface area contributed by atoms with E-state index in [1.54, 1.807) is 13.1 Å². The lowest BCUT2D eigenvalue weighted by atomic mass is 10.1. The minimum Gasteiger partial charge on any atom is -0.326 e. The largest absolute Gasteiger partial charge is 0.326 e. The van der Waals surface area contributed by atoms with Gasteiger partial charge < -0.3 is 10.6 Å². The summed E-state index contributed by atoms with van der Waals surface area (Å²) >= 11 is 3.38. The van der Waals surface area contributed by atoms with Crippen molar-refractivity contribution in [2.75, 3.05) is 34.2 Å². The molecule has 0 aliphatic rings. The van der Waals surface area contributed by atoms with Crippen molar-refractivity contribution < 1.29 is 8.42 Å². The van der Waals surface area contributed by atoms with Crippen LogP contribution in [0.15, 0.2) is 21.5 Å². The zero-order valence-electron chi connectivity index (χ0n) is 13.1. The molecular weight excluding hydrogens is 354 g/mol. The molecule has 0 saturated carbocycles. The van der Waals surface area contributed by atoms with Crippen molar-refractivity contribution in [1.29, 1.82) is 0 Å². The Morgan fingerprint density at radius 3 is 2.33 bits per heavy atom. The van der Waals surface area contributed by atoms with Crippen molar-refractivity contribution in [2.45, 2.75) is 24.8 Å². The highest BCUT2D eigenvalue weighted by molar-refractivity contribution is 9.10. The van der Waals surface area contributed by atoms with E-state index in [2.05, 4.69) is 15.9 Å². The zero-order chi connectivity index (χ0) is 16.2. The molecule has 0 fully saturated rings. The van der Waals surface area contributed by atoms with Crippen LogP contribution in [0.5, 0.6) is 0 Å². The molecule has 0 aliphatic carbocycles. The van der Waals surface area contributed by atoms with E-state index < -0.39 is 10.0 Å². The van der Waals surface area contributed by atoms with Crippen LogP contribution in [0.2, 0.25) is 0 Å². The molecule has 0 amide bonds. The molecule has 0 bridgehead atoms. The van der Waals surface area contributed by atoms with Crippen LogP contribution in [0.25, 0.3) is 0 Å². The van der Waals surface area contributed by atoms with Crippen molar-refractivity contribution >= 4 is 26.0 Å². The van der Waals surface area contributed by atoms with Crippen LogP contribution in [0, 0.1) is 6.92 Å². The lowest BCUT2D eigenvalue weighted by molar-refractivity contribution is 0.370. The van der Waals surface area contributed by atoms with E-state index in [0.717, 1.165) is 24.1 Å². The van der Waals surface area contributed by atoms with Crippen LogP contribution in [0.3, 0.4) is 0 Å². The van der Waals surface area contributed by atoms with Gasteiger partial charge in [0.25, 0.3) is 0 Å². The number of nitrogens with zero attached hydrogens (tertiary/aromatic N) is 2. The first-order valence-corrected chi connectivity index (χ1v) is 9.03. The summed E-state index contributed by atoms with van der Waals surface area (Å²) in [5.41, 5.74) is 7.33. The van der Waals surface area contributed by atoms with Gasteiger partial charge in [-0.2, -0.15) is 0 Å². The minimum atomic E-state index is -3.51. The summed E-state index contributed by atoms with van der Waals surface area (Å²) in [5, 5.41) is 0. The van der Waals surface area contributed by atoms with Gasteiger partial charge in [-0.05, 0) is 67.1 Å². The third kappa shape index (κ3) is 4.75. The second-order valence-corrected chi connectivity index (χ2v) is 8.22. The molecule has 1 rings (SSSR count). The number of hydrogen-bond acceptors (Lipinski definition) is 4. The number of hydrogen-bond donors (Lipinski definition) is 1. The molecule has 5 nitrogen and oxygen atoms in total. The Balaban J connectivity index is 3.04. The average Bonchev–Trinajstić information content (AvgIpc) is 2.40. The SMILES string of the molecule is Cc1cc(CN)cc(S(=O)(=O)N(C)CCCN(C)C)c1Br. The average molecular weight is 378 g/mol. The Bertz CT molecular complexity index is 588. The molecule has 0 spiro atoms. The van der Waals surface area contributed by atoms with Crippen LogP contribution in [0.4, 0.5) is 0 Å². The molecule has 120 valence electrons. The van der Waals surface area contributed by atoms with E-state index in [-0.39, 0.29) is 4.90 Å². The van der Waals surface area contributed by atoms with E-state index in [0.29, 0.717) is 17.6 Å². The second-order valence-electron chi connectivity index (χ2n) is 5.41. The molecule has 0 aromatic heterocycles. The summed E-state index contributed by atoms with van der Waals surface area (Å²) < 4.78 is 27.4. The number of aryl methyl sites for hydroxylation is 1. The summed E-state index contributed by atoms with van der Waals surface area (Å²) in [5.74, 6) is 0. The van der Waals surface area contributed by atoms with Gasteiger partial charge in [0.15, 0.2) is 0 Å². The summed E-state index contributed by atoms with van der Waals surface area (Å²) in [6, 6.07) is 3.55. The molecule has 0 unspecified atom stereocenters. The lowest BCUT2D eigenvalue weighted by Crippen LogP contribution is -2.30. The lowest BCUT2D eigenvalue weighted by Gasteiger charge is -2.20. The molecule has 21 heavy (non-hydrogen) atoms. The van der Waals surface area contributed by atoms with Crippen molar-refractivity contribution in [3.8, 4) is 0 Å². The quantitative estimate of drug-likeness (QED) is 0.786. The predicted molar refractivity (Wildman–Crippen MR) is 89.8 cm³/mol. The fourth-order valence-corrected chi connectivity index (χ4v) is 4.25. The van der Waals surface area contributed by atoms with E-state index in [1.807, 2.05) is 32.0 Å². The highest BCUT2D eigenvalue weighted by Crippen LogP contribution is 2.29. The molecular formula is C14H24BrN3O2S. The van der Waals surface area contributed by atoms with Gasteiger partial charge in [0, 0.05) is 24.6 Å². The van der Waals surface area contributed by atoms with Crippen molar-refractivity contribution in [2.24, 2.45) is 5.73 Å². The molecule has 0 heterocycles. The van der Waals surface area contributed by atoms with Crippen molar-refractivity contribution in [1.82, 2.24) is 9.21 Å². The van der Waals surface area contributed by atoms with Gasteiger partial charge in [0.1, 0.15) is 0 Å². The molecule has 1 aromatic carbocycles. The van der Waals surface area contributed by atoms with E-state index in [4.69, 9.17) is 5.73 Å². The zero-order valence-corrected chi connectivity index (χ0v) is 15.5. The number of nitrogens with two attached hydrogens (primary N) is 1. The van der Waals surface area contributed by atoms with Gasteiger partial charge in [-0.15, -0.1) is 0 Å². The van der Waals surface area contributed by atoms with Crippen LogP contribution >= 0.6 is 15.9 Å². The molecule has 0 atom stereocenters. The Kier molecular flexibility index (Phi) is 6.80. The number of sulfonamides is 1. The number of benzene rings is 1. The Labute approximate surface area is 136 Å². The van der Waals surface area contributed by atoms with E-state index in [1.165, 1.54) is 4.31 Å². The minimum absolute atomic E-state index is 0.287. The van der Waals surface area contributed by atoms with Crippen molar-refractivity contribution in [3.63, 3.8) is 0 Å². The molecule has 1 aromatic rings. The van der Waals surface area contributed by atoms with Crippen LogP contribution in [0.1, 0.15) is 17.5 Å². The molecule has 0 radical (unpaired) electrons. The second kappa shape index (κ2) is 7.69. The van der Waals surface area contributed by atoms with Crippen molar-refractivity contribution in [3.05, 3.63) is 27.7 Å². The van der Waals surface area contributed by atoms with Gasteiger partial charge in [-0.25, -0.2) is 12.7 Å². The topological polar surface area (TPSA) is 66.6 Å². The van der Waals surface area contributed by atoms with Gasteiger partial charge in [0.05, 0.1) is 4.90 Å². The number of rotatable bonds is 7. The molecule has 0 aliphatic heterocycles. The highest BCUT2D eigenvalue weighted by Gasteiger charge is 2.24. The Morgan fingerprint density at radius 1 is 1.19 bits per heavy atom. The van der Waals surface area contributed by atoms with Gasteiger partial charge in [0.2, 0.25) is 10.0 Å². The fourth-order valence-electron chi connectivity index (χ4n) is 2.01. The summed E-state index contributed by atoms with van der Waals surface area (Å²) in [6.07, 6.45) is 0.788. The molecule has 2 N–H and O–H groups in total. The van der Waals surface area contributed by atoms with E-state index in [9.17, 15) is 8.42 Å². The summed E-state index contributed by atoms with van der Waals surface area (Å²) in [4.78, 5) is 2.32. The maximum Gasteiger partial charge on any atom is 0.243 e. The monoisotopic (exact) mass is 377 g/mol. The first-order chi connectivity index (χ1) is 9.70. The van der Waals surface area contributed by atoms with Crippen LogP contribution < -0.4 is 5.73 Å². The standard InChI is InChI=1S/C14H24BrN3O2S/c1-11-8-12(10-16)9-13(14(11)15)21(19,20)18(4)7-5-6-17(2)3/h8-9H,5-7,10,16H2,1-4H3. The maximum atomic E-state index is 12.7. The summed E-state index contributed by atoms with van der Waals surface area (Å²) in [6.45, 7) is 3.52. The fraction of sp³-hybridized carbons (Fsp3) is 0.571. The number of halogens is 1. The predicted octanol–water partition coefficient (Wildman–Crippen LogP) is 1.79. The van der Waals surface area contributed by atoms with Crippen LogP contribution in [-0.2, 0) is 16.6 Å². The molecule has 0 saturated heterocycles. The highest BCUT2D eigenvalue weighted by atomic mass is 79.9. The third-order valence-corrected chi connectivity index (χ3v) is 6.48. The molecule has 7 heteroatoms. The summed E-state index contributed by atoms with van der Waals surface area (Å²) in [7, 11) is 2.05. The van der Waals surface area contributed by atoms with E-state index >= 15 is 0 Å². The van der Waals surface area contributed by atoms with Gasteiger partial charge >= 0.3 is 0 Å². The Hall–Kier alpha value is -0.470. The first-order valence-electron chi connectivity index (χ1n) is 6.80. The maximum absolute atomic E-state index is 12.7. The third-order valence-electron chi connectivity index (χ3n) is 3.28. The van der Waals surface area contributed by atoms with Crippen LogP contribution in [-0.4, -0.2) is 51.9 Å². The van der Waals surface area contributed by atoms with Gasteiger partial charge in [-0.3, -0.25) is 0 Å².